The van der Waals surface area contributed by atoms with E-state index in [1.807, 2.05) is 0 Å². The highest BCUT2D eigenvalue weighted by Gasteiger charge is 2.20. The van der Waals surface area contributed by atoms with Gasteiger partial charge in [0.1, 0.15) is 5.69 Å². The average molecular weight is 300 g/mol. The van der Waals surface area contributed by atoms with Crippen molar-refractivity contribution in [3.63, 3.8) is 0 Å². The summed E-state index contributed by atoms with van der Waals surface area (Å²) in [6, 6.07) is 3.87. The fourth-order valence-electron chi connectivity index (χ4n) is 2.15. The van der Waals surface area contributed by atoms with Crippen molar-refractivity contribution < 1.29 is 13.3 Å². The third-order valence-corrected chi connectivity index (χ3v) is 4.11. The van der Waals surface area contributed by atoms with E-state index in [0.717, 1.165) is 25.5 Å². The first-order valence-electron chi connectivity index (χ1n) is 6.16. The van der Waals surface area contributed by atoms with Crippen LogP contribution in [0.4, 0.5) is 11.4 Å². The first kappa shape index (κ1) is 14.7. The molecule has 20 heavy (non-hydrogen) atoms. The number of benzene rings is 1. The molecule has 1 aromatic carbocycles. The van der Waals surface area contributed by atoms with Crippen LogP contribution in [0.1, 0.15) is 12.8 Å². The number of rotatable bonds is 5. The zero-order valence-electron chi connectivity index (χ0n) is 10.7. The first-order valence-corrected chi connectivity index (χ1v) is 7.71. The second kappa shape index (κ2) is 5.73. The minimum atomic E-state index is -3.95. The summed E-state index contributed by atoms with van der Waals surface area (Å²) in [5.74, 6) is 0. The Kier molecular flexibility index (Phi) is 4.21. The molecule has 0 aromatic heterocycles. The number of nitrogens with zero attached hydrogens (tertiary/aromatic N) is 1. The van der Waals surface area contributed by atoms with Gasteiger partial charge < -0.3 is 10.6 Å². The fraction of sp³-hybridized carbons (Fsp3) is 0.455. The highest BCUT2D eigenvalue weighted by molar-refractivity contribution is 7.89. The molecule has 1 heterocycles. The zero-order valence-corrected chi connectivity index (χ0v) is 11.5. The van der Waals surface area contributed by atoms with Crippen molar-refractivity contribution in [1.29, 1.82) is 0 Å². The molecule has 4 N–H and O–H groups in total. The monoisotopic (exact) mass is 300 g/mol. The molecule has 2 rings (SSSR count). The number of nitrogens with two attached hydrogens (primary N) is 1. The summed E-state index contributed by atoms with van der Waals surface area (Å²) >= 11 is 0. The van der Waals surface area contributed by atoms with Gasteiger partial charge in [-0.2, -0.15) is 0 Å². The van der Waals surface area contributed by atoms with Crippen LogP contribution >= 0.6 is 0 Å². The second-order valence-corrected chi connectivity index (χ2v) is 6.22. The summed E-state index contributed by atoms with van der Waals surface area (Å²) < 4.78 is 22.4. The van der Waals surface area contributed by atoms with Crippen LogP contribution in [0.2, 0.25) is 0 Å². The van der Waals surface area contributed by atoms with Gasteiger partial charge in [0.25, 0.3) is 5.69 Å². The molecule has 8 nitrogen and oxygen atoms in total. The van der Waals surface area contributed by atoms with E-state index in [0.29, 0.717) is 6.54 Å². The smallest absolute Gasteiger partial charge is 0.293 e. The Morgan fingerprint density at radius 1 is 1.50 bits per heavy atom. The third-order valence-electron chi connectivity index (χ3n) is 3.20. The minimum absolute atomic E-state index is 0.270. The molecule has 1 aliphatic heterocycles. The van der Waals surface area contributed by atoms with Crippen molar-refractivity contribution in [3.8, 4) is 0 Å². The van der Waals surface area contributed by atoms with Gasteiger partial charge in [0.05, 0.1) is 9.82 Å². The standard InChI is InChI=1S/C11H16N4O4S/c12-20(18,19)9-3-4-10(11(6-9)15(16)17)14-7-8-2-1-5-13-8/h3-4,6,8,13-14H,1-2,5,7H2,(H2,12,18,19). The number of nitro benzene ring substituents is 1. The van der Waals surface area contributed by atoms with Crippen LogP contribution in [0.15, 0.2) is 23.1 Å². The quantitative estimate of drug-likeness (QED) is 0.533. The Morgan fingerprint density at radius 3 is 2.80 bits per heavy atom. The minimum Gasteiger partial charge on any atom is -0.378 e. The molecule has 1 unspecified atom stereocenters. The van der Waals surface area contributed by atoms with Gasteiger partial charge in [-0.1, -0.05) is 0 Å². The molecule has 0 aliphatic carbocycles. The lowest BCUT2D eigenvalue weighted by atomic mass is 10.2. The highest BCUT2D eigenvalue weighted by atomic mass is 32.2. The predicted octanol–water partition coefficient (Wildman–Crippen LogP) is 0.406. The van der Waals surface area contributed by atoms with Gasteiger partial charge in [0.15, 0.2) is 0 Å². The van der Waals surface area contributed by atoms with Crippen LogP contribution in [0, 0.1) is 10.1 Å². The maximum atomic E-state index is 11.2. The Hall–Kier alpha value is -1.71. The molecular formula is C11H16N4O4S. The Morgan fingerprint density at radius 2 is 2.25 bits per heavy atom. The van der Waals surface area contributed by atoms with Crippen LogP contribution in [-0.2, 0) is 10.0 Å². The molecule has 1 aliphatic rings. The largest absolute Gasteiger partial charge is 0.378 e. The Balaban J connectivity index is 2.21. The molecule has 1 atom stereocenters. The van der Waals surface area contributed by atoms with E-state index in [1.165, 1.54) is 12.1 Å². The van der Waals surface area contributed by atoms with E-state index in [9.17, 15) is 18.5 Å². The van der Waals surface area contributed by atoms with E-state index in [2.05, 4.69) is 10.6 Å². The zero-order chi connectivity index (χ0) is 14.8. The number of anilines is 1. The van der Waals surface area contributed by atoms with E-state index in [4.69, 9.17) is 5.14 Å². The van der Waals surface area contributed by atoms with E-state index in [-0.39, 0.29) is 22.3 Å². The average Bonchev–Trinajstić information content (AvgIpc) is 2.88. The van der Waals surface area contributed by atoms with Crippen LogP contribution < -0.4 is 15.8 Å². The lowest BCUT2D eigenvalue weighted by Gasteiger charge is -2.13. The van der Waals surface area contributed by atoms with Crippen molar-refractivity contribution >= 4 is 21.4 Å². The third kappa shape index (κ3) is 3.44. The maximum absolute atomic E-state index is 11.2. The summed E-state index contributed by atoms with van der Waals surface area (Å²) in [5.41, 5.74) is -0.00868. The van der Waals surface area contributed by atoms with Crippen molar-refractivity contribution in [1.82, 2.24) is 5.32 Å². The number of primary sulfonamides is 1. The Bertz CT molecular complexity index is 611. The molecular weight excluding hydrogens is 284 g/mol. The molecule has 110 valence electrons. The molecule has 0 bridgehead atoms. The topological polar surface area (TPSA) is 127 Å². The first-order chi connectivity index (χ1) is 9.38. The molecule has 1 aromatic rings. The summed E-state index contributed by atoms with van der Waals surface area (Å²) in [6.07, 6.45) is 2.09. The number of nitro groups is 1. The number of sulfonamides is 1. The van der Waals surface area contributed by atoms with Crippen molar-refractivity contribution in [2.24, 2.45) is 5.14 Å². The SMILES string of the molecule is NS(=O)(=O)c1ccc(NCC2CCCN2)c([N+](=O)[O-])c1. The number of hydrogen-bond acceptors (Lipinski definition) is 6. The van der Waals surface area contributed by atoms with Crippen LogP contribution in [0.3, 0.4) is 0 Å². The van der Waals surface area contributed by atoms with Gasteiger partial charge in [0.2, 0.25) is 10.0 Å². The molecule has 0 radical (unpaired) electrons. The number of nitrogens with one attached hydrogen (secondary N) is 2. The van der Waals surface area contributed by atoms with Gasteiger partial charge in [-0.3, -0.25) is 10.1 Å². The molecule has 0 amide bonds. The lowest BCUT2D eigenvalue weighted by Crippen LogP contribution is -2.29. The fourth-order valence-corrected chi connectivity index (χ4v) is 2.69. The number of hydrogen-bond donors (Lipinski definition) is 3. The normalized spacial score (nSPS) is 18.9. The van der Waals surface area contributed by atoms with Gasteiger partial charge in [-0.05, 0) is 31.5 Å². The highest BCUT2D eigenvalue weighted by Crippen LogP contribution is 2.27. The molecule has 9 heteroatoms. The predicted molar refractivity (Wildman–Crippen MR) is 74.0 cm³/mol. The lowest BCUT2D eigenvalue weighted by molar-refractivity contribution is -0.384. The molecule has 1 fully saturated rings. The van der Waals surface area contributed by atoms with E-state index in [1.54, 1.807) is 0 Å². The summed E-state index contributed by atoms with van der Waals surface area (Å²) in [5, 5.41) is 22.2. The van der Waals surface area contributed by atoms with Crippen LogP contribution in [0.5, 0.6) is 0 Å². The van der Waals surface area contributed by atoms with Crippen molar-refractivity contribution in [2.45, 2.75) is 23.8 Å². The van der Waals surface area contributed by atoms with Gasteiger partial charge >= 0.3 is 0 Å². The summed E-state index contributed by atoms with van der Waals surface area (Å²) in [7, 11) is -3.95. The van der Waals surface area contributed by atoms with Crippen molar-refractivity contribution in [3.05, 3.63) is 28.3 Å². The molecule has 0 spiro atoms. The van der Waals surface area contributed by atoms with Crippen LogP contribution in [-0.4, -0.2) is 32.5 Å². The van der Waals surface area contributed by atoms with E-state index >= 15 is 0 Å². The van der Waals surface area contributed by atoms with Gasteiger partial charge in [0, 0.05) is 18.7 Å². The van der Waals surface area contributed by atoms with Crippen molar-refractivity contribution in [2.75, 3.05) is 18.4 Å². The maximum Gasteiger partial charge on any atom is 0.293 e. The van der Waals surface area contributed by atoms with Gasteiger partial charge in [-0.15, -0.1) is 0 Å². The Labute approximate surface area is 116 Å². The second-order valence-electron chi connectivity index (χ2n) is 4.66. The molecule has 1 saturated heterocycles. The van der Waals surface area contributed by atoms with Crippen LogP contribution in [0.25, 0.3) is 0 Å². The van der Waals surface area contributed by atoms with Gasteiger partial charge in [-0.25, -0.2) is 13.6 Å². The summed E-state index contributed by atoms with van der Waals surface area (Å²) in [6.45, 7) is 1.49. The van der Waals surface area contributed by atoms with E-state index < -0.39 is 14.9 Å². The summed E-state index contributed by atoms with van der Waals surface area (Å²) in [4.78, 5) is 10.1. The molecule has 0 saturated carbocycles.